The second-order valence-corrected chi connectivity index (χ2v) is 10.8. The SMILES string of the molecule is CC(C)C[C@H](NC(=O)[C@H](Cc1ccccc1)N(C(=O)OCc1ccccc1)P(=O)(O)O)C(=O)N[C@@H](C)C(=O)O. The number of carbonyl (C=O) groups excluding carboxylic acids is 3. The van der Waals surface area contributed by atoms with Crippen LogP contribution in [0.1, 0.15) is 38.3 Å². The number of carboxylic acids is 1. The summed E-state index contributed by atoms with van der Waals surface area (Å²) in [6.45, 7) is 4.50. The molecule has 3 atom stereocenters. The van der Waals surface area contributed by atoms with Crippen LogP contribution in [0.3, 0.4) is 0 Å². The summed E-state index contributed by atoms with van der Waals surface area (Å²) in [4.78, 5) is 70.8. The molecule has 0 radical (unpaired) electrons. The van der Waals surface area contributed by atoms with Crippen LogP contribution in [0, 0.1) is 5.92 Å². The average Bonchev–Trinajstić information content (AvgIpc) is 2.86. The smallest absolute Gasteiger partial charge is 0.435 e. The van der Waals surface area contributed by atoms with Crippen molar-refractivity contribution in [2.45, 2.75) is 58.3 Å². The fraction of sp³-hybridized carbons (Fsp3) is 0.385. The summed E-state index contributed by atoms with van der Waals surface area (Å²) in [5.74, 6) is -3.22. The molecule has 39 heavy (non-hydrogen) atoms. The first-order valence-corrected chi connectivity index (χ1v) is 13.8. The Balaban J connectivity index is 2.40. The Kier molecular flexibility index (Phi) is 11.7. The lowest BCUT2D eigenvalue weighted by Crippen LogP contribution is -2.56. The third-order valence-corrected chi connectivity index (χ3v) is 6.62. The van der Waals surface area contributed by atoms with Gasteiger partial charge in [-0.25, -0.2) is 14.0 Å². The van der Waals surface area contributed by atoms with Crippen LogP contribution in [0.2, 0.25) is 0 Å². The molecular formula is C26H34N3O9P. The summed E-state index contributed by atoms with van der Waals surface area (Å²) in [5.41, 5.74) is 1.04. The molecule has 212 valence electrons. The Labute approximate surface area is 226 Å². The molecule has 5 N–H and O–H groups in total. The van der Waals surface area contributed by atoms with E-state index in [1.165, 1.54) is 6.92 Å². The molecule has 0 bridgehead atoms. The number of amides is 3. The fourth-order valence-electron chi connectivity index (χ4n) is 3.67. The van der Waals surface area contributed by atoms with Crippen LogP contribution in [0.4, 0.5) is 4.79 Å². The van der Waals surface area contributed by atoms with Crippen molar-refractivity contribution in [2.75, 3.05) is 0 Å². The maximum Gasteiger partial charge on any atom is 0.435 e. The first-order chi connectivity index (χ1) is 18.3. The van der Waals surface area contributed by atoms with Gasteiger partial charge in [0.05, 0.1) is 0 Å². The summed E-state index contributed by atoms with van der Waals surface area (Å²) >= 11 is 0. The lowest BCUT2D eigenvalue weighted by Gasteiger charge is -2.32. The zero-order valence-corrected chi connectivity index (χ0v) is 22.8. The van der Waals surface area contributed by atoms with Gasteiger partial charge in [-0.2, -0.15) is 0 Å². The predicted octanol–water partition coefficient (Wildman–Crippen LogP) is 2.45. The van der Waals surface area contributed by atoms with E-state index in [1.807, 2.05) is 0 Å². The van der Waals surface area contributed by atoms with Crippen molar-refractivity contribution in [3.63, 3.8) is 0 Å². The largest absolute Gasteiger partial charge is 0.480 e. The van der Waals surface area contributed by atoms with E-state index in [9.17, 15) is 33.5 Å². The van der Waals surface area contributed by atoms with E-state index in [2.05, 4.69) is 10.6 Å². The molecular weight excluding hydrogens is 529 g/mol. The highest BCUT2D eigenvalue weighted by Gasteiger charge is 2.43. The zero-order valence-electron chi connectivity index (χ0n) is 21.9. The van der Waals surface area contributed by atoms with Gasteiger partial charge in [0, 0.05) is 6.42 Å². The van der Waals surface area contributed by atoms with Crippen molar-refractivity contribution in [3.8, 4) is 0 Å². The minimum absolute atomic E-state index is 0.0719. The number of nitrogens with one attached hydrogen (secondary N) is 2. The minimum Gasteiger partial charge on any atom is -0.480 e. The molecule has 0 saturated carbocycles. The quantitative estimate of drug-likeness (QED) is 0.229. The van der Waals surface area contributed by atoms with Crippen LogP contribution < -0.4 is 10.6 Å². The van der Waals surface area contributed by atoms with Gasteiger partial charge in [-0.1, -0.05) is 74.5 Å². The highest BCUT2D eigenvalue weighted by molar-refractivity contribution is 7.50. The van der Waals surface area contributed by atoms with Gasteiger partial charge in [0.1, 0.15) is 24.7 Å². The molecule has 0 unspecified atom stereocenters. The number of hydrogen-bond donors (Lipinski definition) is 5. The van der Waals surface area contributed by atoms with E-state index in [1.54, 1.807) is 74.5 Å². The second-order valence-electron chi connectivity index (χ2n) is 9.36. The van der Waals surface area contributed by atoms with Gasteiger partial charge in [-0.3, -0.25) is 14.4 Å². The van der Waals surface area contributed by atoms with E-state index >= 15 is 0 Å². The summed E-state index contributed by atoms with van der Waals surface area (Å²) < 4.78 is 17.8. The number of carbonyl (C=O) groups is 4. The molecule has 2 aromatic rings. The maximum absolute atomic E-state index is 13.5. The van der Waals surface area contributed by atoms with Crippen molar-refractivity contribution < 1.29 is 43.4 Å². The zero-order chi connectivity index (χ0) is 29.2. The van der Waals surface area contributed by atoms with Crippen LogP contribution in [-0.4, -0.2) is 61.6 Å². The first kappa shape index (κ1) is 31.5. The fourth-order valence-corrected chi connectivity index (χ4v) is 4.49. The Bertz CT molecular complexity index is 1170. The Morgan fingerprint density at radius 1 is 0.872 bits per heavy atom. The number of nitrogens with zero attached hydrogens (tertiary/aromatic N) is 1. The number of ether oxygens (including phenoxy) is 1. The van der Waals surface area contributed by atoms with Crippen LogP contribution in [-0.2, 0) is 36.7 Å². The number of benzene rings is 2. The van der Waals surface area contributed by atoms with Gasteiger partial charge in [0.2, 0.25) is 11.8 Å². The lowest BCUT2D eigenvalue weighted by molar-refractivity contribution is -0.141. The molecule has 2 aromatic carbocycles. The molecule has 0 heterocycles. The van der Waals surface area contributed by atoms with Crippen molar-refractivity contribution in [1.29, 1.82) is 0 Å². The van der Waals surface area contributed by atoms with Crippen LogP contribution in [0.15, 0.2) is 60.7 Å². The number of carboxylic acid groups (broad SMARTS) is 1. The lowest BCUT2D eigenvalue weighted by atomic mass is 10.0. The van der Waals surface area contributed by atoms with E-state index in [-0.39, 0.29) is 30.0 Å². The van der Waals surface area contributed by atoms with Gasteiger partial charge in [-0.15, -0.1) is 0 Å². The van der Waals surface area contributed by atoms with Crippen LogP contribution >= 0.6 is 7.75 Å². The monoisotopic (exact) mass is 563 g/mol. The van der Waals surface area contributed by atoms with Gasteiger partial charge >= 0.3 is 19.8 Å². The Hall–Kier alpha value is -3.73. The number of aliphatic carboxylic acids is 1. The van der Waals surface area contributed by atoms with E-state index in [0.717, 1.165) is 0 Å². The molecule has 0 aliphatic carbocycles. The summed E-state index contributed by atoms with van der Waals surface area (Å²) in [6.07, 6.45) is -1.64. The molecule has 0 saturated heterocycles. The molecule has 0 aliphatic heterocycles. The first-order valence-electron chi connectivity index (χ1n) is 12.2. The highest BCUT2D eigenvalue weighted by Crippen LogP contribution is 2.43. The average molecular weight is 564 g/mol. The van der Waals surface area contributed by atoms with Crippen molar-refractivity contribution in [3.05, 3.63) is 71.8 Å². The second kappa shape index (κ2) is 14.4. The number of hydrogen-bond acceptors (Lipinski definition) is 6. The van der Waals surface area contributed by atoms with Gasteiger partial charge in [-0.05, 0) is 30.4 Å². The molecule has 0 fully saturated rings. The Morgan fingerprint density at radius 3 is 1.90 bits per heavy atom. The molecule has 0 aromatic heterocycles. The molecule has 3 amide bonds. The van der Waals surface area contributed by atoms with E-state index in [0.29, 0.717) is 11.1 Å². The highest BCUT2D eigenvalue weighted by atomic mass is 31.2. The normalized spacial score (nSPS) is 13.6. The third kappa shape index (κ3) is 10.2. The molecule has 2 rings (SSSR count). The van der Waals surface area contributed by atoms with Crippen molar-refractivity contribution >= 4 is 31.6 Å². The number of rotatable bonds is 13. The topological polar surface area (TPSA) is 183 Å². The molecule has 0 aliphatic rings. The maximum atomic E-state index is 13.5. The molecule has 13 heteroatoms. The van der Waals surface area contributed by atoms with Crippen molar-refractivity contribution in [1.82, 2.24) is 15.3 Å². The summed E-state index contributed by atoms with van der Waals surface area (Å²) in [6, 6.07) is 12.4. The predicted molar refractivity (Wildman–Crippen MR) is 141 cm³/mol. The van der Waals surface area contributed by atoms with Gasteiger partial charge in [0.25, 0.3) is 0 Å². The van der Waals surface area contributed by atoms with Crippen LogP contribution in [0.5, 0.6) is 0 Å². The van der Waals surface area contributed by atoms with E-state index < -0.39 is 49.7 Å². The van der Waals surface area contributed by atoms with Crippen LogP contribution in [0.25, 0.3) is 0 Å². The molecule has 0 spiro atoms. The summed E-state index contributed by atoms with van der Waals surface area (Å²) in [5, 5.41) is 13.9. The standard InChI is InChI=1S/C26H34N3O9P/c1-17(2)14-21(23(30)27-18(3)25(32)33)28-24(31)22(15-19-10-6-4-7-11-19)29(39(35,36)37)26(34)38-16-20-12-8-5-9-13-20/h4-13,17-18,21-22H,14-16H2,1-3H3,(H,27,30)(H,28,31)(H,32,33)(H2,35,36,37)/t18-,21-,22-/m0/s1. The minimum atomic E-state index is -5.41. The van der Waals surface area contributed by atoms with Gasteiger partial charge in [0.15, 0.2) is 0 Å². The Morgan fingerprint density at radius 2 is 1.41 bits per heavy atom. The third-order valence-electron chi connectivity index (χ3n) is 5.61. The van der Waals surface area contributed by atoms with Gasteiger partial charge < -0.3 is 30.3 Å². The summed E-state index contributed by atoms with van der Waals surface area (Å²) in [7, 11) is -5.41. The van der Waals surface area contributed by atoms with Crippen molar-refractivity contribution in [2.24, 2.45) is 5.92 Å². The molecule has 12 nitrogen and oxygen atoms in total. The van der Waals surface area contributed by atoms with E-state index in [4.69, 9.17) is 9.84 Å².